The van der Waals surface area contributed by atoms with Crippen LogP contribution in [0.25, 0.3) is 0 Å². The van der Waals surface area contributed by atoms with E-state index in [0.717, 1.165) is 61.7 Å². The van der Waals surface area contributed by atoms with Gasteiger partial charge in [-0.2, -0.15) is 0 Å². The first-order valence-corrected chi connectivity index (χ1v) is 15.6. The van der Waals surface area contributed by atoms with E-state index >= 15 is 0 Å². The van der Waals surface area contributed by atoms with Crippen LogP contribution >= 0.6 is 11.6 Å². The Morgan fingerprint density at radius 3 is 2.81 bits per heavy atom. The highest BCUT2D eigenvalue weighted by atomic mass is 35.5. The number of carbonyl (C=O) groups is 2. The first-order chi connectivity index (χ1) is 20.3. The number of benzene rings is 2. The number of fused-ring (bicyclic) bond motifs is 4. The fourth-order valence-electron chi connectivity index (χ4n) is 7.58. The van der Waals surface area contributed by atoms with Crippen molar-refractivity contribution in [1.29, 1.82) is 0 Å². The van der Waals surface area contributed by atoms with Crippen LogP contribution in [0.2, 0.25) is 5.02 Å². The molecule has 6 rings (SSSR count). The van der Waals surface area contributed by atoms with Crippen molar-refractivity contribution in [3.05, 3.63) is 70.3 Å². The summed E-state index contributed by atoms with van der Waals surface area (Å²) in [5.41, 5.74) is 3.94. The summed E-state index contributed by atoms with van der Waals surface area (Å²) >= 11 is 6.42. The van der Waals surface area contributed by atoms with E-state index < -0.39 is 11.9 Å². The fraction of sp³-hybridized carbons (Fsp3) is 0.529. The number of methoxy groups -OCH3 is 1. The van der Waals surface area contributed by atoms with Crippen LogP contribution in [-0.4, -0.2) is 68.4 Å². The van der Waals surface area contributed by atoms with Gasteiger partial charge in [0.25, 0.3) is 0 Å². The fourth-order valence-corrected chi connectivity index (χ4v) is 7.78. The number of carboxylic acid groups (broad SMARTS) is 1. The minimum absolute atomic E-state index is 0.0228. The highest BCUT2D eigenvalue weighted by Gasteiger charge is 2.44. The minimum atomic E-state index is -0.990. The van der Waals surface area contributed by atoms with Gasteiger partial charge < -0.3 is 24.4 Å². The summed E-state index contributed by atoms with van der Waals surface area (Å²) < 4.78 is 12.6. The second kappa shape index (κ2) is 11.9. The summed E-state index contributed by atoms with van der Waals surface area (Å²) in [5, 5.41) is 11.0. The molecule has 8 heteroatoms. The molecule has 0 saturated heterocycles. The Kier molecular flexibility index (Phi) is 8.25. The Bertz CT molecular complexity index is 1380. The molecule has 1 spiro atoms. The normalized spacial score (nSPS) is 30.4. The van der Waals surface area contributed by atoms with Crippen LogP contribution < -0.4 is 9.64 Å². The number of hydrogen-bond acceptors (Lipinski definition) is 5. The lowest BCUT2D eigenvalue weighted by Crippen LogP contribution is -2.49. The average molecular weight is 593 g/mol. The molecule has 1 saturated carbocycles. The van der Waals surface area contributed by atoms with Crippen molar-refractivity contribution < 1.29 is 24.2 Å². The third-order valence-corrected chi connectivity index (χ3v) is 10.4. The maximum atomic E-state index is 13.1. The summed E-state index contributed by atoms with van der Waals surface area (Å²) in [5.74, 6) is -0.495. The summed E-state index contributed by atoms with van der Waals surface area (Å²) in [6.45, 7) is 2.69. The predicted molar refractivity (Wildman–Crippen MR) is 164 cm³/mol. The number of hydrogen-bond donors (Lipinski definition) is 1. The monoisotopic (exact) mass is 592 g/mol. The molecule has 0 radical (unpaired) electrons. The van der Waals surface area contributed by atoms with Gasteiger partial charge in [-0.05, 0) is 91.3 Å². The highest BCUT2D eigenvalue weighted by Crippen LogP contribution is 2.47. The molecule has 0 unspecified atom stereocenters. The van der Waals surface area contributed by atoms with Gasteiger partial charge in [-0.15, -0.1) is 0 Å². The maximum absolute atomic E-state index is 13.1. The SMILES string of the molecule is CO[C@H]1/C=C/CCN(C)C(=O)C[C@@H](C(=O)O)c2ccc3c(c2)N(C[C@@H]2CC[C@H]21)C[C@@]1(CCCc2cc(Cl)ccc21)CO3. The Morgan fingerprint density at radius 2 is 2.05 bits per heavy atom. The Balaban J connectivity index is 1.44. The van der Waals surface area contributed by atoms with Crippen molar-refractivity contribution in [3.63, 3.8) is 0 Å². The molecule has 42 heavy (non-hydrogen) atoms. The molecule has 1 fully saturated rings. The molecule has 2 aromatic rings. The van der Waals surface area contributed by atoms with Crippen LogP contribution in [0.1, 0.15) is 61.1 Å². The number of aryl methyl sites for hydroxylation is 1. The van der Waals surface area contributed by atoms with E-state index in [-0.39, 0.29) is 23.8 Å². The van der Waals surface area contributed by atoms with Crippen molar-refractivity contribution in [2.75, 3.05) is 45.3 Å². The zero-order chi connectivity index (χ0) is 29.4. The molecule has 2 heterocycles. The summed E-state index contributed by atoms with van der Waals surface area (Å²) in [7, 11) is 3.53. The number of carboxylic acids is 1. The third kappa shape index (κ3) is 5.53. The molecule has 1 amide bonds. The standard InChI is InChI=1S/C34H41ClN2O5/c1-36-15-4-3-7-30(41-2)26-11-8-24(26)19-37-20-34(14-5-6-23-16-25(35)10-12-28(23)34)21-42-31-13-9-22(17-29(31)37)27(33(39)40)18-32(36)38/h3,7,9-10,12-13,16-17,24,26-27,30H,4-6,8,11,14-15,18-21H2,1-2H3,(H,39,40)/b7-3+/t24-,26+,27+,30-,34-/m0/s1. The van der Waals surface area contributed by atoms with Gasteiger partial charge in [0.1, 0.15) is 5.75 Å². The molecular weight excluding hydrogens is 552 g/mol. The molecule has 2 aliphatic heterocycles. The van der Waals surface area contributed by atoms with Gasteiger partial charge in [0.05, 0.1) is 24.3 Å². The molecule has 224 valence electrons. The van der Waals surface area contributed by atoms with E-state index in [0.29, 0.717) is 37.0 Å². The topological polar surface area (TPSA) is 79.3 Å². The molecule has 2 aromatic carbocycles. The van der Waals surface area contributed by atoms with E-state index in [9.17, 15) is 14.7 Å². The molecule has 1 N–H and O–H groups in total. The molecular formula is C34H41ClN2O5. The van der Waals surface area contributed by atoms with Gasteiger partial charge in [0.15, 0.2) is 0 Å². The highest BCUT2D eigenvalue weighted by molar-refractivity contribution is 6.30. The van der Waals surface area contributed by atoms with Crippen LogP contribution in [0.15, 0.2) is 48.6 Å². The van der Waals surface area contributed by atoms with Gasteiger partial charge in [-0.1, -0.05) is 35.9 Å². The van der Waals surface area contributed by atoms with E-state index in [2.05, 4.69) is 29.2 Å². The smallest absolute Gasteiger partial charge is 0.311 e. The number of nitrogens with zero attached hydrogens (tertiary/aromatic N) is 2. The van der Waals surface area contributed by atoms with Gasteiger partial charge in [-0.25, -0.2) is 0 Å². The molecule has 5 atom stereocenters. The van der Waals surface area contributed by atoms with Gasteiger partial charge in [0, 0.05) is 50.7 Å². The van der Waals surface area contributed by atoms with Crippen LogP contribution in [0.4, 0.5) is 5.69 Å². The van der Waals surface area contributed by atoms with E-state index in [1.807, 2.05) is 24.3 Å². The van der Waals surface area contributed by atoms with Crippen molar-refractivity contribution in [1.82, 2.24) is 4.90 Å². The van der Waals surface area contributed by atoms with Crippen LogP contribution in [0.5, 0.6) is 5.75 Å². The zero-order valence-electron chi connectivity index (χ0n) is 24.6. The number of rotatable bonds is 2. The van der Waals surface area contributed by atoms with Crippen molar-refractivity contribution in [2.45, 2.75) is 62.4 Å². The van der Waals surface area contributed by atoms with Crippen LogP contribution in [0.3, 0.4) is 0 Å². The Hall–Kier alpha value is -3.03. The second-order valence-corrected chi connectivity index (χ2v) is 13.1. The molecule has 2 aliphatic carbocycles. The Labute approximate surface area is 253 Å². The summed E-state index contributed by atoms with van der Waals surface area (Å²) in [6.07, 6.45) is 10.2. The second-order valence-electron chi connectivity index (χ2n) is 12.7. The largest absolute Gasteiger partial charge is 0.490 e. The zero-order valence-corrected chi connectivity index (χ0v) is 25.3. The van der Waals surface area contributed by atoms with Crippen molar-refractivity contribution in [2.24, 2.45) is 11.8 Å². The number of halogens is 1. The first kappa shape index (κ1) is 29.1. The molecule has 7 nitrogen and oxygen atoms in total. The summed E-state index contributed by atoms with van der Waals surface area (Å²) in [4.78, 5) is 29.7. The average Bonchev–Trinajstić information content (AvgIpc) is 3.11. The number of amides is 1. The molecule has 4 aliphatic rings. The summed E-state index contributed by atoms with van der Waals surface area (Å²) in [6, 6.07) is 12.0. The lowest BCUT2D eigenvalue weighted by atomic mass is 9.68. The van der Waals surface area contributed by atoms with Crippen LogP contribution in [0, 0.1) is 11.8 Å². The van der Waals surface area contributed by atoms with Crippen LogP contribution in [-0.2, 0) is 26.2 Å². The van der Waals surface area contributed by atoms with Crippen molar-refractivity contribution >= 4 is 29.2 Å². The molecule has 0 aromatic heterocycles. The van der Waals surface area contributed by atoms with Gasteiger partial charge in [-0.3, -0.25) is 9.59 Å². The van der Waals surface area contributed by atoms with Gasteiger partial charge in [0.2, 0.25) is 5.91 Å². The number of ether oxygens (including phenoxy) is 2. The molecule has 2 bridgehead atoms. The number of carbonyl (C=O) groups excluding carboxylic acids is 1. The third-order valence-electron chi connectivity index (χ3n) is 10.1. The first-order valence-electron chi connectivity index (χ1n) is 15.2. The minimum Gasteiger partial charge on any atom is -0.490 e. The van der Waals surface area contributed by atoms with E-state index in [1.54, 1.807) is 19.1 Å². The quantitative estimate of drug-likeness (QED) is 0.442. The number of aliphatic carboxylic acids is 1. The predicted octanol–water partition coefficient (Wildman–Crippen LogP) is 5.83. The number of anilines is 1. The van der Waals surface area contributed by atoms with Gasteiger partial charge >= 0.3 is 5.97 Å². The van der Waals surface area contributed by atoms with E-state index in [1.165, 1.54) is 11.1 Å². The van der Waals surface area contributed by atoms with Crippen molar-refractivity contribution in [3.8, 4) is 5.75 Å². The Morgan fingerprint density at radius 1 is 1.19 bits per heavy atom. The lowest BCUT2D eigenvalue weighted by molar-refractivity contribution is -0.142. The lowest BCUT2D eigenvalue weighted by Gasteiger charge is -2.46. The van der Waals surface area contributed by atoms with E-state index in [4.69, 9.17) is 21.1 Å². The maximum Gasteiger partial charge on any atom is 0.311 e.